The molecule has 142 valence electrons. The molecule has 0 radical (unpaired) electrons. The molecule has 0 bridgehead atoms. The lowest BCUT2D eigenvalue weighted by molar-refractivity contribution is -0.139. The number of piperazine rings is 1. The van der Waals surface area contributed by atoms with E-state index >= 15 is 0 Å². The number of rotatable bonds is 7. The van der Waals surface area contributed by atoms with Crippen molar-refractivity contribution in [3.8, 4) is 0 Å². The normalized spacial score (nSPS) is 16.1. The van der Waals surface area contributed by atoms with E-state index in [4.69, 9.17) is 4.74 Å². The number of ether oxygens (including phenoxy) is 1. The van der Waals surface area contributed by atoms with Gasteiger partial charge in [-0.3, -0.25) is 14.6 Å². The lowest BCUT2D eigenvalue weighted by Gasteiger charge is -2.39. The van der Waals surface area contributed by atoms with Crippen LogP contribution in [0.1, 0.15) is 24.1 Å². The molecular formula is C23H28N2O2. The Hall–Kier alpha value is -2.43. The van der Waals surface area contributed by atoms with E-state index in [1.54, 1.807) is 0 Å². The Balaban J connectivity index is 1.59. The van der Waals surface area contributed by atoms with Gasteiger partial charge < -0.3 is 4.74 Å². The quantitative estimate of drug-likeness (QED) is 0.556. The number of hydrogen-bond donors (Lipinski definition) is 0. The first-order valence-corrected chi connectivity index (χ1v) is 9.58. The molecule has 0 unspecified atom stereocenters. The SMILES string of the molecule is CC(=O)OC/C=C\CN1CCN(C(c2ccccc2)c2ccccc2)CC1. The standard InChI is InChI=1S/C23H28N2O2/c1-20(26)27-19-9-8-14-24-15-17-25(18-16-24)23(21-10-4-2-5-11-21)22-12-6-3-7-13-22/h2-13,23H,14-19H2,1H3/b9-8-. The van der Waals surface area contributed by atoms with Crippen LogP contribution >= 0.6 is 0 Å². The van der Waals surface area contributed by atoms with Crippen molar-refractivity contribution in [3.05, 3.63) is 83.9 Å². The lowest BCUT2D eigenvalue weighted by Crippen LogP contribution is -2.47. The first-order valence-electron chi connectivity index (χ1n) is 9.58. The number of carbonyl (C=O) groups is 1. The van der Waals surface area contributed by atoms with Crippen LogP contribution in [0.3, 0.4) is 0 Å². The summed E-state index contributed by atoms with van der Waals surface area (Å²) in [5.74, 6) is -0.235. The summed E-state index contributed by atoms with van der Waals surface area (Å²) in [7, 11) is 0. The Labute approximate surface area is 162 Å². The molecule has 0 atom stereocenters. The second-order valence-corrected chi connectivity index (χ2v) is 6.83. The van der Waals surface area contributed by atoms with Gasteiger partial charge in [-0.15, -0.1) is 0 Å². The third-order valence-electron chi connectivity index (χ3n) is 4.92. The average Bonchev–Trinajstić information content (AvgIpc) is 2.70. The molecule has 2 aromatic carbocycles. The molecule has 0 N–H and O–H groups in total. The van der Waals surface area contributed by atoms with Gasteiger partial charge in [0.15, 0.2) is 0 Å². The highest BCUT2D eigenvalue weighted by Crippen LogP contribution is 2.29. The molecule has 1 aliphatic heterocycles. The van der Waals surface area contributed by atoms with Crippen LogP contribution in [0, 0.1) is 0 Å². The molecule has 1 fully saturated rings. The van der Waals surface area contributed by atoms with Gasteiger partial charge in [-0.25, -0.2) is 0 Å². The van der Waals surface area contributed by atoms with Gasteiger partial charge in [0.1, 0.15) is 6.61 Å². The molecule has 4 nitrogen and oxygen atoms in total. The van der Waals surface area contributed by atoms with E-state index < -0.39 is 0 Å². The van der Waals surface area contributed by atoms with Crippen molar-refractivity contribution in [1.82, 2.24) is 9.80 Å². The third kappa shape index (κ3) is 5.78. The van der Waals surface area contributed by atoms with Crippen LogP contribution in [0.5, 0.6) is 0 Å². The minimum absolute atomic E-state index is 0.235. The Morgan fingerprint density at radius 3 is 2.00 bits per heavy atom. The summed E-state index contributed by atoms with van der Waals surface area (Å²) < 4.78 is 4.93. The minimum atomic E-state index is -0.235. The fourth-order valence-corrected chi connectivity index (χ4v) is 3.55. The number of nitrogens with zero attached hydrogens (tertiary/aromatic N) is 2. The van der Waals surface area contributed by atoms with Crippen LogP contribution in [-0.4, -0.2) is 55.1 Å². The molecule has 1 saturated heterocycles. The van der Waals surface area contributed by atoms with Crippen molar-refractivity contribution in [1.29, 1.82) is 0 Å². The zero-order valence-corrected chi connectivity index (χ0v) is 16.0. The molecule has 3 rings (SSSR count). The lowest BCUT2D eigenvalue weighted by atomic mass is 9.96. The number of carbonyl (C=O) groups excluding carboxylic acids is 1. The van der Waals surface area contributed by atoms with Crippen molar-refractivity contribution in [2.75, 3.05) is 39.3 Å². The maximum Gasteiger partial charge on any atom is 0.302 e. The van der Waals surface area contributed by atoms with Crippen molar-refractivity contribution in [2.45, 2.75) is 13.0 Å². The van der Waals surface area contributed by atoms with Gasteiger partial charge in [0.05, 0.1) is 6.04 Å². The fourth-order valence-electron chi connectivity index (χ4n) is 3.55. The maximum atomic E-state index is 10.8. The highest BCUT2D eigenvalue weighted by atomic mass is 16.5. The molecule has 0 spiro atoms. The highest BCUT2D eigenvalue weighted by Gasteiger charge is 2.25. The summed E-state index contributed by atoms with van der Waals surface area (Å²) in [5, 5.41) is 0. The molecule has 0 saturated carbocycles. The topological polar surface area (TPSA) is 32.8 Å². The molecule has 0 amide bonds. The van der Waals surface area contributed by atoms with Crippen molar-refractivity contribution in [2.24, 2.45) is 0 Å². The van der Waals surface area contributed by atoms with Crippen molar-refractivity contribution >= 4 is 5.97 Å². The second-order valence-electron chi connectivity index (χ2n) is 6.83. The van der Waals surface area contributed by atoms with E-state index in [2.05, 4.69) is 76.5 Å². The first-order chi connectivity index (χ1) is 13.2. The van der Waals surface area contributed by atoms with Gasteiger partial charge in [0, 0.05) is 39.6 Å². The van der Waals surface area contributed by atoms with E-state index in [1.807, 2.05) is 6.08 Å². The molecular weight excluding hydrogens is 336 g/mol. The summed E-state index contributed by atoms with van der Waals surface area (Å²) >= 11 is 0. The van der Waals surface area contributed by atoms with Crippen LogP contribution < -0.4 is 0 Å². The molecule has 27 heavy (non-hydrogen) atoms. The van der Waals surface area contributed by atoms with Crippen LogP contribution in [0.2, 0.25) is 0 Å². The summed E-state index contributed by atoms with van der Waals surface area (Å²) in [5.41, 5.74) is 2.69. The zero-order valence-electron chi connectivity index (χ0n) is 16.0. The molecule has 1 heterocycles. The Morgan fingerprint density at radius 2 is 1.48 bits per heavy atom. The van der Waals surface area contributed by atoms with E-state index in [0.29, 0.717) is 12.6 Å². The monoisotopic (exact) mass is 364 g/mol. The smallest absolute Gasteiger partial charge is 0.302 e. The zero-order chi connectivity index (χ0) is 18.9. The van der Waals surface area contributed by atoms with Gasteiger partial charge >= 0.3 is 5.97 Å². The fraction of sp³-hybridized carbons (Fsp3) is 0.348. The Bertz CT molecular complexity index is 683. The molecule has 0 aromatic heterocycles. The van der Waals surface area contributed by atoms with E-state index in [9.17, 15) is 4.79 Å². The second kappa shape index (κ2) is 10.0. The van der Waals surface area contributed by atoms with Gasteiger partial charge in [-0.05, 0) is 17.2 Å². The van der Waals surface area contributed by atoms with Crippen molar-refractivity contribution < 1.29 is 9.53 Å². The van der Waals surface area contributed by atoms with Crippen LogP contribution in [0.25, 0.3) is 0 Å². The van der Waals surface area contributed by atoms with Crippen LogP contribution in [0.15, 0.2) is 72.8 Å². The third-order valence-corrected chi connectivity index (χ3v) is 4.92. The number of hydrogen-bond acceptors (Lipinski definition) is 4. The summed E-state index contributed by atoms with van der Waals surface area (Å²) in [4.78, 5) is 15.8. The molecule has 1 aliphatic rings. The average molecular weight is 364 g/mol. The van der Waals surface area contributed by atoms with Crippen molar-refractivity contribution in [3.63, 3.8) is 0 Å². The predicted octanol–water partition coefficient (Wildman–Crippen LogP) is 3.51. The molecule has 4 heteroatoms. The summed E-state index contributed by atoms with van der Waals surface area (Å²) in [6.07, 6.45) is 4.01. The van der Waals surface area contributed by atoms with Gasteiger partial charge in [-0.2, -0.15) is 0 Å². The van der Waals surface area contributed by atoms with Gasteiger partial charge in [0.2, 0.25) is 0 Å². The molecule has 2 aromatic rings. The molecule has 0 aliphatic carbocycles. The predicted molar refractivity (Wildman–Crippen MR) is 109 cm³/mol. The van der Waals surface area contributed by atoms with E-state index in [1.165, 1.54) is 18.1 Å². The van der Waals surface area contributed by atoms with Crippen LogP contribution in [0.4, 0.5) is 0 Å². The number of benzene rings is 2. The highest BCUT2D eigenvalue weighted by molar-refractivity contribution is 5.65. The minimum Gasteiger partial charge on any atom is -0.462 e. The van der Waals surface area contributed by atoms with E-state index in [-0.39, 0.29) is 5.97 Å². The summed E-state index contributed by atoms with van der Waals surface area (Å²) in [6, 6.07) is 21.8. The maximum absolute atomic E-state index is 10.8. The number of esters is 1. The van der Waals surface area contributed by atoms with Gasteiger partial charge in [0.25, 0.3) is 0 Å². The Morgan fingerprint density at radius 1 is 0.926 bits per heavy atom. The van der Waals surface area contributed by atoms with Crippen LogP contribution in [-0.2, 0) is 9.53 Å². The first kappa shape index (κ1) is 19.3. The summed E-state index contributed by atoms with van der Waals surface area (Å²) in [6.45, 7) is 6.83. The largest absolute Gasteiger partial charge is 0.462 e. The van der Waals surface area contributed by atoms with Gasteiger partial charge in [-0.1, -0.05) is 66.7 Å². The van der Waals surface area contributed by atoms with E-state index in [0.717, 1.165) is 32.7 Å². The Kier molecular flexibility index (Phi) is 7.19.